The summed E-state index contributed by atoms with van der Waals surface area (Å²) in [5.41, 5.74) is 5.92. The van der Waals surface area contributed by atoms with Crippen LogP contribution in [0.3, 0.4) is 0 Å². The Balaban J connectivity index is 0.00000280. The van der Waals surface area contributed by atoms with Crippen molar-refractivity contribution in [3.05, 3.63) is 30.1 Å². The molecule has 2 aliphatic rings. The Labute approximate surface area is 171 Å². The van der Waals surface area contributed by atoms with Gasteiger partial charge in [-0.05, 0) is 44.0 Å². The molecule has 2 amide bonds. The van der Waals surface area contributed by atoms with Crippen molar-refractivity contribution < 1.29 is 18.7 Å². The van der Waals surface area contributed by atoms with Crippen LogP contribution in [-0.4, -0.2) is 59.9 Å². The molecule has 1 aliphatic heterocycles. The van der Waals surface area contributed by atoms with E-state index in [4.69, 9.17) is 10.5 Å². The van der Waals surface area contributed by atoms with Crippen LogP contribution in [0.1, 0.15) is 32.6 Å². The number of carbonyl (C=O) groups excluding carboxylic acids is 2. The Hall–Kier alpha value is -1.86. The number of nitrogens with two attached hydrogens (primary N) is 1. The number of nitrogens with zero attached hydrogens (tertiary/aromatic N) is 2. The van der Waals surface area contributed by atoms with Crippen molar-refractivity contribution in [2.75, 3.05) is 32.8 Å². The highest BCUT2D eigenvalue weighted by Gasteiger charge is 2.40. The molecule has 0 spiro atoms. The van der Waals surface area contributed by atoms with Gasteiger partial charge in [-0.1, -0.05) is 12.8 Å². The minimum Gasteiger partial charge on any atom is -0.484 e. The van der Waals surface area contributed by atoms with Crippen LogP contribution in [0.15, 0.2) is 24.3 Å². The van der Waals surface area contributed by atoms with E-state index < -0.39 is 5.54 Å². The van der Waals surface area contributed by atoms with E-state index in [1.165, 1.54) is 24.3 Å². The molecule has 2 unspecified atom stereocenters. The summed E-state index contributed by atoms with van der Waals surface area (Å²) in [5, 5.41) is 0. The summed E-state index contributed by atoms with van der Waals surface area (Å²) in [6, 6.07) is 5.57. The maximum atomic E-state index is 12.9. The molecule has 2 atom stereocenters. The number of benzene rings is 1. The number of halogens is 2. The van der Waals surface area contributed by atoms with Crippen LogP contribution in [0.25, 0.3) is 0 Å². The summed E-state index contributed by atoms with van der Waals surface area (Å²) in [4.78, 5) is 28.7. The van der Waals surface area contributed by atoms with Crippen LogP contribution >= 0.6 is 12.4 Å². The Morgan fingerprint density at radius 1 is 1.14 bits per heavy atom. The lowest BCUT2D eigenvalue weighted by molar-refractivity contribution is -0.145. The Morgan fingerprint density at radius 2 is 1.75 bits per heavy atom. The fourth-order valence-corrected chi connectivity index (χ4v) is 3.93. The van der Waals surface area contributed by atoms with E-state index in [9.17, 15) is 14.0 Å². The summed E-state index contributed by atoms with van der Waals surface area (Å²) < 4.78 is 18.3. The van der Waals surface area contributed by atoms with Gasteiger partial charge >= 0.3 is 0 Å². The predicted molar refractivity (Wildman–Crippen MR) is 107 cm³/mol. The molecular weight excluding hydrogens is 385 g/mol. The van der Waals surface area contributed by atoms with Gasteiger partial charge in [0.1, 0.15) is 11.6 Å². The molecule has 0 aromatic heterocycles. The Bertz CT molecular complexity index is 676. The molecule has 2 fully saturated rings. The van der Waals surface area contributed by atoms with E-state index in [0.29, 0.717) is 31.9 Å². The number of amides is 2. The van der Waals surface area contributed by atoms with Gasteiger partial charge in [-0.15, -0.1) is 12.4 Å². The molecule has 2 N–H and O–H groups in total. The second kappa shape index (κ2) is 9.56. The molecule has 1 saturated heterocycles. The number of rotatable bonds is 4. The van der Waals surface area contributed by atoms with Crippen molar-refractivity contribution in [2.45, 2.75) is 38.1 Å². The Morgan fingerprint density at radius 3 is 2.36 bits per heavy atom. The first-order valence-corrected chi connectivity index (χ1v) is 9.60. The van der Waals surface area contributed by atoms with Gasteiger partial charge in [0.2, 0.25) is 5.91 Å². The largest absolute Gasteiger partial charge is 0.484 e. The zero-order valence-corrected chi connectivity index (χ0v) is 17.0. The number of ether oxygens (including phenoxy) is 1. The summed E-state index contributed by atoms with van der Waals surface area (Å²) >= 11 is 0. The average molecular weight is 414 g/mol. The minimum atomic E-state index is -0.439. The molecule has 1 saturated carbocycles. The third kappa shape index (κ3) is 5.35. The molecule has 0 bridgehead atoms. The van der Waals surface area contributed by atoms with E-state index in [0.717, 1.165) is 25.7 Å². The minimum absolute atomic E-state index is 0. The monoisotopic (exact) mass is 413 g/mol. The molecular formula is C20H29ClFN3O3. The van der Waals surface area contributed by atoms with Crippen molar-refractivity contribution in [1.29, 1.82) is 0 Å². The molecule has 0 radical (unpaired) electrons. The number of hydrogen-bond acceptors (Lipinski definition) is 4. The van der Waals surface area contributed by atoms with Crippen LogP contribution in [0.5, 0.6) is 5.75 Å². The summed E-state index contributed by atoms with van der Waals surface area (Å²) in [6.07, 6.45) is 3.84. The average Bonchev–Trinajstić information content (AvgIpc) is 2.66. The van der Waals surface area contributed by atoms with Gasteiger partial charge in [0.15, 0.2) is 6.61 Å². The maximum absolute atomic E-state index is 12.9. The highest BCUT2D eigenvalue weighted by molar-refractivity contribution is 5.85. The van der Waals surface area contributed by atoms with Crippen molar-refractivity contribution in [2.24, 2.45) is 11.7 Å². The zero-order chi connectivity index (χ0) is 19.4. The van der Waals surface area contributed by atoms with Crippen LogP contribution < -0.4 is 10.5 Å². The van der Waals surface area contributed by atoms with Crippen LogP contribution in [0.2, 0.25) is 0 Å². The van der Waals surface area contributed by atoms with Gasteiger partial charge in [-0.3, -0.25) is 9.59 Å². The fourth-order valence-electron chi connectivity index (χ4n) is 3.93. The quantitative estimate of drug-likeness (QED) is 0.821. The first-order chi connectivity index (χ1) is 12.9. The maximum Gasteiger partial charge on any atom is 0.260 e. The zero-order valence-electron chi connectivity index (χ0n) is 16.2. The molecule has 1 aromatic rings. The van der Waals surface area contributed by atoms with Crippen molar-refractivity contribution in [1.82, 2.24) is 9.80 Å². The van der Waals surface area contributed by atoms with Gasteiger partial charge < -0.3 is 20.3 Å². The van der Waals surface area contributed by atoms with E-state index in [1.54, 1.807) is 4.90 Å². The molecule has 156 valence electrons. The lowest BCUT2D eigenvalue weighted by Crippen LogP contribution is -2.58. The van der Waals surface area contributed by atoms with Gasteiger partial charge in [0.25, 0.3) is 5.91 Å². The third-order valence-electron chi connectivity index (χ3n) is 5.67. The molecule has 6 nitrogen and oxygen atoms in total. The lowest BCUT2D eigenvalue weighted by Gasteiger charge is -2.42. The van der Waals surface area contributed by atoms with E-state index in [1.807, 2.05) is 11.8 Å². The van der Waals surface area contributed by atoms with Gasteiger partial charge in [-0.2, -0.15) is 0 Å². The molecule has 8 heteroatoms. The van der Waals surface area contributed by atoms with Crippen molar-refractivity contribution in [3.63, 3.8) is 0 Å². The lowest BCUT2D eigenvalue weighted by atomic mass is 9.74. The number of piperazine rings is 1. The first-order valence-electron chi connectivity index (χ1n) is 9.60. The third-order valence-corrected chi connectivity index (χ3v) is 5.67. The van der Waals surface area contributed by atoms with Crippen LogP contribution in [0, 0.1) is 11.7 Å². The molecule has 1 aromatic carbocycles. The van der Waals surface area contributed by atoms with E-state index >= 15 is 0 Å². The molecule has 1 heterocycles. The van der Waals surface area contributed by atoms with Gasteiger partial charge in [0.05, 0.1) is 5.92 Å². The number of hydrogen-bond donors (Lipinski definition) is 1. The second-order valence-electron chi connectivity index (χ2n) is 7.75. The van der Waals surface area contributed by atoms with Gasteiger partial charge in [0, 0.05) is 31.7 Å². The van der Waals surface area contributed by atoms with Gasteiger partial charge in [-0.25, -0.2) is 4.39 Å². The topological polar surface area (TPSA) is 75.9 Å². The number of carbonyl (C=O) groups is 2. The van der Waals surface area contributed by atoms with E-state index in [2.05, 4.69) is 0 Å². The first kappa shape index (κ1) is 22.4. The highest BCUT2D eigenvalue weighted by Crippen LogP contribution is 2.33. The van der Waals surface area contributed by atoms with Crippen LogP contribution in [-0.2, 0) is 9.59 Å². The standard InChI is InChI=1S/C20H28FN3O3.ClH/c1-20(22)9-3-2-4-17(20)19(26)24-12-10-23(11-13-24)18(25)14-27-16-7-5-15(21)6-8-16;/h5-8,17H,2-4,9-14,22H2,1H3;1H. The summed E-state index contributed by atoms with van der Waals surface area (Å²) in [6.45, 7) is 3.91. The van der Waals surface area contributed by atoms with Crippen LogP contribution in [0.4, 0.5) is 4.39 Å². The van der Waals surface area contributed by atoms with E-state index in [-0.39, 0.29) is 42.6 Å². The Kier molecular flexibility index (Phi) is 7.66. The molecule has 28 heavy (non-hydrogen) atoms. The normalized spacial score (nSPS) is 25.0. The summed E-state index contributed by atoms with van der Waals surface area (Å²) in [7, 11) is 0. The smallest absolute Gasteiger partial charge is 0.260 e. The summed E-state index contributed by atoms with van der Waals surface area (Å²) in [5.74, 6) is -0.0310. The predicted octanol–water partition coefficient (Wildman–Crippen LogP) is 2.20. The molecule has 3 rings (SSSR count). The van der Waals surface area contributed by atoms with Crippen molar-refractivity contribution >= 4 is 24.2 Å². The van der Waals surface area contributed by atoms with Crippen molar-refractivity contribution in [3.8, 4) is 5.75 Å². The second-order valence-corrected chi connectivity index (χ2v) is 7.75. The SMILES string of the molecule is CC1(N)CCCCC1C(=O)N1CCN(C(=O)COc2ccc(F)cc2)CC1.Cl. The molecule has 1 aliphatic carbocycles. The fraction of sp³-hybridized carbons (Fsp3) is 0.600. The highest BCUT2D eigenvalue weighted by atomic mass is 35.5.